The molecule has 0 spiro atoms. The minimum absolute atomic E-state index is 0.00369. The highest BCUT2D eigenvalue weighted by Crippen LogP contribution is 2.24. The van der Waals surface area contributed by atoms with E-state index in [1.807, 2.05) is 73.8 Å². The van der Waals surface area contributed by atoms with Crippen LogP contribution in [0.5, 0.6) is 0 Å². The van der Waals surface area contributed by atoms with Gasteiger partial charge in [-0.25, -0.2) is 4.98 Å². The number of anilines is 2. The molecule has 29 heavy (non-hydrogen) atoms. The lowest BCUT2D eigenvalue weighted by atomic mass is 10.1. The van der Waals surface area contributed by atoms with Gasteiger partial charge in [0, 0.05) is 29.1 Å². The van der Waals surface area contributed by atoms with Crippen LogP contribution in [0.3, 0.4) is 0 Å². The van der Waals surface area contributed by atoms with Gasteiger partial charge in [-0.3, -0.25) is 9.59 Å². The van der Waals surface area contributed by atoms with Crippen LogP contribution in [-0.4, -0.2) is 28.2 Å². The monoisotopic (exact) mass is 408 g/mol. The van der Waals surface area contributed by atoms with E-state index in [1.54, 1.807) is 4.90 Å². The van der Waals surface area contributed by atoms with Gasteiger partial charge >= 0.3 is 0 Å². The molecule has 0 aliphatic carbocycles. The van der Waals surface area contributed by atoms with Crippen molar-refractivity contribution in [2.75, 3.05) is 17.6 Å². The van der Waals surface area contributed by atoms with Gasteiger partial charge in [0.15, 0.2) is 5.13 Å². The molecule has 0 unspecified atom stereocenters. The van der Waals surface area contributed by atoms with E-state index in [0.717, 1.165) is 16.8 Å². The van der Waals surface area contributed by atoms with E-state index in [4.69, 9.17) is 5.73 Å². The minimum atomic E-state index is -0.236. The number of nitrogens with zero attached hydrogens (tertiary/aromatic N) is 2. The van der Waals surface area contributed by atoms with E-state index in [0.29, 0.717) is 17.4 Å². The van der Waals surface area contributed by atoms with Crippen LogP contribution >= 0.6 is 11.3 Å². The van der Waals surface area contributed by atoms with E-state index in [-0.39, 0.29) is 24.3 Å². The molecule has 0 radical (unpaired) electrons. The van der Waals surface area contributed by atoms with Gasteiger partial charge in [0.2, 0.25) is 11.8 Å². The Morgan fingerprint density at radius 3 is 2.38 bits per heavy atom. The van der Waals surface area contributed by atoms with Crippen molar-refractivity contribution in [1.29, 1.82) is 0 Å². The molecule has 0 aliphatic heterocycles. The standard InChI is InChI=1S/C22H24N4O2S/c1-15(2)21(28)26(12-16-6-4-3-5-7-16)13-20(27)24-18-10-8-17(9-11-18)19-14-29-22(23)25-19/h3-11,14-15H,12-13H2,1-2H3,(H2,23,25)(H,24,27). The van der Waals surface area contributed by atoms with Gasteiger partial charge in [-0.1, -0.05) is 56.3 Å². The second-order valence-electron chi connectivity index (χ2n) is 7.03. The summed E-state index contributed by atoms with van der Waals surface area (Å²) in [7, 11) is 0. The first-order chi connectivity index (χ1) is 13.9. The number of thiazole rings is 1. The molecule has 6 nitrogen and oxygen atoms in total. The molecule has 3 rings (SSSR count). The molecule has 0 saturated carbocycles. The molecule has 1 aromatic heterocycles. The number of carbonyl (C=O) groups excluding carboxylic acids is 2. The predicted molar refractivity (Wildman–Crippen MR) is 117 cm³/mol. The summed E-state index contributed by atoms with van der Waals surface area (Å²) in [6.45, 7) is 4.07. The Morgan fingerprint density at radius 1 is 1.10 bits per heavy atom. The molecular weight excluding hydrogens is 384 g/mol. The topological polar surface area (TPSA) is 88.3 Å². The molecule has 3 N–H and O–H groups in total. The zero-order chi connectivity index (χ0) is 20.8. The third-order valence-electron chi connectivity index (χ3n) is 4.34. The highest BCUT2D eigenvalue weighted by atomic mass is 32.1. The lowest BCUT2D eigenvalue weighted by Crippen LogP contribution is -2.39. The number of hydrogen-bond acceptors (Lipinski definition) is 5. The first-order valence-corrected chi connectivity index (χ1v) is 10.2. The van der Waals surface area contributed by atoms with Gasteiger partial charge in [0.1, 0.15) is 6.54 Å². The third-order valence-corrected chi connectivity index (χ3v) is 5.02. The Labute approximate surface area is 174 Å². The number of benzene rings is 2. The summed E-state index contributed by atoms with van der Waals surface area (Å²) in [6, 6.07) is 17.1. The Bertz CT molecular complexity index is 968. The Balaban J connectivity index is 1.65. The minimum Gasteiger partial charge on any atom is -0.375 e. The van der Waals surface area contributed by atoms with Gasteiger partial charge in [0.25, 0.3) is 0 Å². The highest BCUT2D eigenvalue weighted by Gasteiger charge is 2.20. The zero-order valence-corrected chi connectivity index (χ0v) is 17.3. The Hall–Kier alpha value is -3.19. The second kappa shape index (κ2) is 9.34. The molecule has 1 heterocycles. The van der Waals surface area contributed by atoms with Crippen LogP contribution in [0.4, 0.5) is 10.8 Å². The van der Waals surface area contributed by atoms with Crippen molar-refractivity contribution in [1.82, 2.24) is 9.88 Å². The van der Waals surface area contributed by atoms with Gasteiger partial charge in [-0.15, -0.1) is 11.3 Å². The number of aromatic nitrogens is 1. The van der Waals surface area contributed by atoms with Crippen LogP contribution in [0.1, 0.15) is 19.4 Å². The number of rotatable bonds is 7. The SMILES string of the molecule is CC(C)C(=O)N(CC(=O)Nc1ccc(-c2csc(N)n2)cc1)Cc1ccccc1. The largest absolute Gasteiger partial charge is 0.375 e. The van der Waals surface area contributed by atoms with Crippen LogP contribution < -0.4 is 11.1 Å². The smallest absolute Gasteiger partial charge is 0.244 e. The van der Waals surface area contributed by atoms with Gasteiger partial charge in [0.05, 0.1) is 5.69 Å². The van der Waals surface area contributed by atoms with E-state index in [2.05, 4.69) is 10.3 Å². The van der Waals surface area contributed by atoms with E-state index < -0.39 is 0 Å². The maximum atomic E-state index is 12.6. The van der Waals surface area contributed by atoms with E-state index >= 15 is 0 Å². The summed E-state index contributed by atoms with van der Waals surface area (Å²) >= 11 is 1.39. The molecule has 2 amide bonds. The van der Waals surface area contributed by atoms with Gasteiger partial charge in [-0.2, -0.15) is 0 Å². The Morgan fingerprint density at radius 2 is 1.79 bits per heavy atom. The molecule has 0 aliphatic rings. The first kappa shape index (κ1) is 20.5. The van der Waals surface area contributed by atoms with Crippen molar-refractivity contribution in [2.45, 2.75) is 20.4 Å². The average molecular weight is 409 g/mol. The molecule has 3 aromatic rings. The number of nitrogen functional groups attached to an aromatic ring is 1. The van der Waals surface area contributed by atoms with Crippen molar-refractivity contribution < 1.29 is 9.59 Å². The normalized spacial score (nSPS) is 10.7. The maximum absolute atomic E-state index is 12.6. The molecule has 0 atom stereocenters. The number of hydrogen-bond donors (Lipinski definition) is 2. The summed E-state index contributed by atoms with van der Waals surface area (Å²) in [4.78, 5) is 31.0. The number of nitrogens with two attached hydrogens (primary N) is 1. The average Bonchev–Trinajstić information content (AvgIpc) is 3.14. The molecule has 2 aromatic carbocycles. The second-order valence-corrected chi connectivity index (χ2v) is 7.92. The first-order valence-electron chi connectivity index (χ1n) is 9.36. The van der Waals surface area contributed by atoms with Crippen LogP contribution in [0.15, 0.2) is 60.0 Å². The van der Waals surface area contributed by atoms with Crippen molar-refractivity contribution in [3.8, 4) is 11.3 Å². The Kier molecular flexibility index (Phi) is 6.61. The molecular formula is C22H24N4O2S. The molecule has 7 heteroatoms. The van der Waals surface area contributed by atoms with E-state index in [9.17, 15) is 9.59 Å². The van der Waals surface area contributed by atoms with Crippen molar-refractivity contribution in [3.63, 3.8) is 0 Å². The lowest BCUT2D eigenvalue weighted by molar-refractivity contribution is -0.138. The van der Waals surface area contributed by atoms with Crippen molar-refractivity contribution >= 4 is 34.0 Å². The van der Waals surface area contributed by atoms with Crippen LogP contribution in [0.2, 0.25) is 0 Å². The summed E-state index contributed by atoms with van der Waals surface area (Å²) in [5, 5.41) is 5.27. The molecule has 150 valence electrons. The quantitative estimate of drug-likeness (QED) is 0.618. The van der Waals surface area contributed by atoms with Crippen molar-refractivity contribution in [2.24, 2.45) is 5.92 Å². The molecule has 0 saturated heterocycles. The maximum Gasteiger partial charge on any atom is 0.244 e. The lowest BCUT2D eigenvalue weighted by Gasteiger charge is -2.24. The zero-order valence-electron chi connectivity index (χ0n) is 16.5. The fourth-order valence-corrected chi connectivity index (χ4v) is 3.47. The predicted octanol–water partition coefficient (Wildman–Crippen LogP) is 4.02. The number of carbonyl (C=O) groups is 2. The summed E-state index contributed by atoms with van der Waals surface area (Å²) in [6.07, 6.45) is 0. The van der Waals surface area contributed by atoms with E-state index in [1.165, 1.54) is 11.3 Å². The highest BCUT2D eigenvalue weighted by molar-refractivity contribution is 7.13. The van der Waals surface area contributed by atoms with Gasteiger partial charge < -0.3 is 16.0 Å². The fraction of sp³-hybridized carbons (Fsp3) is 0.227. The molecule has 0 bridgehead atoms. The van der Waals surface area contributed by atoms with Crippen molar-refractivity contribution in [3.05, 3.63) is 65.5 Å². The fourth-order valence-electron chi connectivity index (χ4n) is 2.90. The summed E-state index contributed by atoms with van der Waals surface area (Å²) < 4.78 is 0. The van der Waals surface area contributed by atoms with Crippen LogP contribution in [0.25, 0.3) is 11.3 Å². The summed E-state index contributed by atoms with van der Waals surface area (Å²) in [5.74, 6) is -0.475. The van der Waals surface area contributed by atoms with Crippen LogP contribution in [-0.2, 0) is 16.1 Å². The molecule has 0 fully saturated rings. The third kappa shape index (κ3) is 5.65. The summed E-state index contributed by atoms with van der Waals surface area (Å²) in [5.41, 5.74) is 9.06. The number of nitrogens with one attached hydrogen (secondary N) is 1. The van der Waals surface area contributed by atoms with Crippen LogP contribution in [0, 0.1) is 5.92 Å². The number of amides is 2. The van der Waals surface area contributed by atoms with Gasteiger partial charge in [-0.05, 0) is 17.7 Å².